The van der Waals surface area contributed by atoms with E-state index in [1.165, 1.54) is 22.8 Å². The minimum atomic E-state index is -0.475. The average Bonchev–Trinajstić information content (AvgIpc) is 2.62. The number of hydrogen-bond acceptors (Lipinski definition) is 5. The lowest BCUT2D eigenvalue weighted by molar-refractivity contribution is 0.472. The van der Waals surface area contributed by atoms with Crippen LogP contribution in [0.5, 0.6) is 5.75 Å². The molecule has 7 heteroatoms. The summed E-state index contributed by atoms with van der Waals surface area (Å²) in [5, 5.41) is 14.5. The van der Waals surface area contributed by atoms with Crippen molar-refractivity contribution in [2.45, 2.75) is 20.4 Å². The highest BCUT2D eigenvalue weighted by molar-refractivity contribution is 6.01. The molecule has 1 heterocycles. The summed E-state index contributed by atoms with van der Waals surface area (Å²) in [5.41, 5.74) is 3.76. The van der Waals surface area contributed by atoms with Crippen LogP contribution in [0.25, 0.3) is 10.9 Å². The summed E-state index contributed by atoms with van der Waals surface area (Å²) in [6.07, 6.45) is 0. The van der Waals surface area contributed by atoms with Crippen molar-refractivity contribution in [3.05, 3.63) is 64.2 Å². The molecule has 3 aromatic rings. The third kappa shape index (κ3) is 3.21. The minimum Gasteiger partial charge on any atom is -0.507 e. The predicted octanol–water partition coefficient (Wildman–Crippen LogP) is 3.10. The summed E-state index contributed by atoms with van der Waals surface area (Å²) in [6, 6.07) is 10.7. The number of halogens is 1. The van der Waals surface area contributed by atoms with Crippen LogP contribution < -0.4 is 11.0 Å². The van der Waals surface area contributed by atoms with Gasteiger partial charge in [0, 0.05) is 12.1 Å². The molecule has 0 radical (unpaired) electrons. The second kappa shape index (κ2) is 6.72. The molecule has 0 aliphatic heterocycles. The summed E-state index contributed by atoms with van der Waals surface area (Å²) in [4.78, 5) is 17.0. The number of benzene rings is 2. The number of nitrogens with zero attached hydrogens (tertiary/aromatic N) is 3. The topological polar surface area (TPSA) is 79.5 Å². The van der Waals surface area contributed by atoms with Gasteiger partial charge in [0.25, 0.3) is 5.56 Å². The second-order valence-electron chi connectivity index (χ2n) is 5.47. The van der Waals surface area contributed by atoms with Gasteiger partial charge < -0.3 is 5.11 Å². The third-order valence-corrected chi connectivity index (χ3v) is 3.85. The molecule has 0 amide bonds. The number of rotatable bonds is 4. The smallest absolute Gasteiger partial charge is 0.262 e. The monoisotopic (exact) mass is 340 g/mol. The summed E-state index contributed by atoms with van der Waals surface area (Å²) in [6.45, 7) is 3.87. The molecule has 0 bridgehead atoms. The first kappa shape index (κ1) is 16.6. The first-order valence-electron chi connectivity index (χ1n) is 7.80. The fourth-order valence-electron chi connectivity index (χ4n) is 2.54. The summed E-state index contributed by atoms with van der Waals surface area (Å²) in [5.74, 6) is -0.276. The van der Waals surface area contributed by atoms with E-state index in [1.807, 2.05) is 6.92 Å². The van der Waals surface area contributed by atoms with Gasteiger partial charge in [0.15, 0.2) is 0 Å². The van der Waals surface area contributed by atoms with Crippen molar-refractivity contribution in [2.24, 2.45) is 5.10 Å². The Morgan fingerprint density at radius 3 is 2.84 bits per heavy atom. The number of anilines is 1. The predicted molar refractivity (Wildman–Crippen MR) is 95.6 cm³/mol. The molecular formula is C18H17FN4O2. The Hall–Kier alpha value is -3.22. The standard InChI is InChI=1S/C18H17FN4O2/c1-3-23-17(25)13-6-4-5-7-15(13)20-18(23)22-21-11(2)14-10-12(19)8-9-16(14)24/h4-10,24H,3H2,1-2H3,(H,20,22)/b21-11+. The molecule has 0 unspecified atom stereocenters. The highest BCUT2D eigenvalue weighted by Crippen LogP contribution is 2.19. The number of phenolic OH excluding ortho intramolecular Hbond substituents is 1. The molecular weight excluding hydrogens is 323 g/mol. The van der Waals surface area contributed by atoms with Gasteiger partial charge in [0.2, 0.25) is 5.95 Å². The maximum absolute atomic E-state index is 13.4. The van der Waals surface area contributed by atoms with Crippen LogP contribution in [0.1, 0.15) is 19.4 Å². The Labute approximate surface area is 143 Å². The van der Waals surface area contributed by atoms with Crippen LogP contribution in [-0.4, -0.2) is 20.4 Å². The van der Waals surface area contributed by atoms with Crippen LogP contribution in [-0.2, 0) is 6.54 Å². The number of hydrogen-bond donors (Lipinski definition) is 2. The van der Waals surface area contributed by atoms with Crippen molar-refractivity contribution in [2.75, 3.05) is 5.43 Å². The second-order valence-corrected chi connectivity index (χ2v) is 5.47. The minimum absolute atomic E-state index is 0.0798. The van der Waals surface area contributed by atoms with Gasteiger partial charge in [-0.1, -0.05) is 12.1 Å². The first-order valence-corrected chi connectivity index (χ1v) is 7.80. The van der Waals surface area contributed by atoms with Crippen molar-refractivity contribution >= 4 is 22.6 Å². The zero-order valence-corrected chi connectivity index (χ0v) is 13.8. The molecule has 0 saturated heterocycles. The first-order chi connectivity index (χ1) is 12.0. The molecule has 0 aliphatic carbocycles. The van der Waals surface area contributed by atoms with Crippen molar-refractivity contribution in [3.63, 3.8) is 0 Å². The Kier molecular flexibility index (Phi) is 4.47. The van der Waals surface area contributed by atoms with Crippen LogP contribution in [0.15, 0.2) is 52.4 Å². The molecule has 6 nitrogen and oxygen atoms in total. The van der Waals surface area contributed by atoms with E-state index >= 15 is 0 Å². The third-order valence-electron chi connectivity index (χ3n) is 3.85. The van der Waals surface area contributed by atoms with Crippen molar-refractivity contribution in [1.82, 2.24) is 9.55 Å². The lowest BCUT2D eigenvalue weighted by atomic mass is 10.1. The molecule has 128 valence electrons. The lowest BCUT2D eigenvalue weighted by Crippen LogP contribution is -2.23. The quantitative estimate of drug-likeness (QED) is 0.565. The van der Waals surface area contributed by atoms with Gasteiger partial charge in [-0.15, -0.1) is 0 Å². The van der Waals surface area contributed by atoms with Crippen LogP contribution in [0, 0.1) is 5.82 Å². The van der Waals surface area contributed by atoms with Crippen molar-refractivity contribution in [1.29, 1.82) is 0 Å². The normalized spacial score (nSPS) is 11.7. The fraction of sp³-hybridized carbons (Fsp3) is 0.167. The Bertz CT molecular complexity index is 1030. The van der Waals surface area contributed by atoms with E-state index in [9.17, 15) is 14.3 Å². The largest absolute Gasteiger partial charge is 0.507 e. The molecule has 2 N–H and O–H groups in total. The van der Waals surface area contributed by atoms with Crippen LogP contribution >= 0.6 is 0 Å². The van der Waals surface area contributed by atoms with Gasteiger partial charge in [0.1, 0.15) is 11.6 Å². The number of para-hydroxylation sites is 1. The van der Waals surface area contributed by atoms with E-state index in [0.717, 1.165) is 0 Å². The number of aromatic hydroxyl groups is 1. The van der Waals surface area contributed by atoms with E-state index in [0.29, 0.717) is 23.2 Å². The Balaban J connectivity index is 2.03. The van der Waals surface area contributed by atoms with Crippen molar-refractivity contribution < 1.29 is 9.50 Å². The van der Waals surface area contributed by atoms with E-state index < -0.39 is 5.82 Å². The summed E-state index contributed by atoms with van der Waals surface area (Å²) < 4.78 is 14.8. The number of hydrazone groups is 1. The highest BCUT2D eigenvalue weighted by atomic mass is 19.1. The SMILES string of the molecule is CCn1c(N/N=C(\C)c2cc(F)ccc2O)nc2ccccc2c1=O. The highest BCUT2D eigenvalue weighted by Gasteiger charge is 2.10. The fourth-order valence-corrected chi connectivity index (χ4v) is 2.54. The van der Waals surface area contributed by atoms with Crippen molar-refractivity contribution in [3.8, 4) is 5.75 Å². The van der Waals surface area contributed by atoms with Gasteiger partial charge in [-0.05, 0) is 44.2 Å². The molecule has 0 spiro atoms. The molecule has 0 saturated carbocycles. The van der Waals surface area contributed by atoms with Gasteiger partial charge in [-0.25, -0.2) is 14.8 Å². The van der Waals surface area contributed by atoms with Gasteiger partial charge in [-0.3, -0.25) is 9.36 Å². The zero-order valence-electron chi connectivity index (χ0n) is 13.8. The number of phenols is 1. The number of fused-ring (bicyclic) bond motifs is 1. The van der Waals surface area contributed by atoms with E-state index in [1.54, 1.807) is 31.2 Å². The van der Waals surface area contributed by atoms with E-state index in [4.69, 9.17) is 0 Å². The van der Waals surface area contributed by atoms with E-state index in [-0.39, 0.29) is 22.8 Å². The lowest BCUT2D eigenvalue weighted by Gasteiger charge is -2.11. The van der Waals surface area contributed by atoms with Gasteiger partial charge in [-0.2, -0.15) is 5.10 Å². The average molecular weight is 340 g/mol. The zero-order chi connectivity index (χ0) is 18.0. The van der Waals surface area contributed by atoms with Gasteiger partial charge >= 0.3 is 0 Å². The summed E-state index contributed by atoms with van der Waals surface area (Å²) in [7, 11) is 0. The van der Waals surface area contributed by atoms with Crippen LogP contribution in [0.4, 0.5) is 10.3 Å². The number of nitrogens with one attached hydrogen (secondary N) is 1. The van der Waals surface area contributed by atoms with E-state index in [2.05, 4.69) is 15.5 Å². The number of aromatic nitrogens is 2. The van der Waals surface area contributed by atoms with Crippen LogP contribution in [0.3, 0.4) is 0 Å². The molecule has 1 aromatic heterocycles. The summed E-state index contributed by atoms with van der Waals surface area (Å²) >= 11 is 0. The maximum atomic E-state index is 13.4. The molecule has 0 atom stereocenters. The molecule has 0 fully saturated rings. The Morgan fingerprint density at radius 2 is 2.08 bits per heavy atom. The van der Waals surface area contributed by atoms with Crippen LogP contribution in [0.2, 0.25) is 0 Å². The Morgan fingerprint density at radius 1 is 1.32 bits per heavy atom. The maximum Gasteiger partial charge on any atom is 0.262 e. The molecule has 2 aromatic carbocycles. The molecule has 25 heavy (non-hydrogen) atoms. The van der Waals surface area contributed by atoms with Gasteiger partial charge in [0.05, 0.1) is 16.6 Å². The molecule has 0 aliphatic rings. The molecule has 3 rings (SSSR count).